The molecule has 1 saturated heterocycles. The first-order chi connectivity index (χ1) is 14.5. The number of thiazole rings is 1. The van der Waals surface area contributed by atoms with Crippen LogP contribution in [0.2, 0.25) is 0 Å². The number of nitrogens with one attached hydrogen (secondary N) is 1. The Kier molecular flexibility index (Phi) is 6.19. The van der Waals surface area contributed by atoms with Gasteiger partial charge < -0.3 is 14.8 Å². The number of hydrogen-bond donors (Lipinski definition) is 1. The minimum absolute atomic E-state index is 0.0236. The van der Waals surface area contributed by atoms with Gasteiger partial charge in [-0.05, 0) is 43.9 Å². The highest BCUT2D eigenvalue weighted by Gasteiger charge is 2.39. The second kappa shape index (κ2) is 8.85. The fourth-order valence-corrected chi connectivity index (χ4v) is 4.84. The molecule has 2 aromatic rings. The number of carbonyl (C=O) groups is 2. The summed E-state index contributed by atoms with van der Waals surface area (Å²) in [7, 11) is 0. The summed E-state index contributed by atoms with van der Waals surface area (Å²) in [4.78, 5) is 28.9. The van der Waals surface area contributed by atoms with Crippen molar-refractivity contribution in [2.75, 3.05) is 26.4 Å². The van der Waals surface area contributed by atoms with Crippen LogP contribution in [0.1, 0.15) is 58.9 Å². The van der Waals surface area contributed by atoms with Gasteiger partial charge in [0, 0.05) is 37.2 Å². The first-order valence-corrected chi connectivity index (χ1v) is 11.5. The van der Waals surface area contributed by atoms with Crippen molar-refractivity contribution in [1.82, 2.24) is 20.1 Å². The van der Waals surface area contributed by atoms with E-state index in [1.54, 1.807) is 10.9 Å². The van der Waals surface area contributed by atoms with E-state index in [4.69, 9.17) is 14.6 Å². The van der Waals surface area contributed by atoms with Gasteiger partial charge in [0.05, 0.1) is 17.8 Å². The van der Waals surface area contributed by atoms with Gasteiger partial charge in [-0.1, -0.05) is 6.92 Å². The number of fused-ring (bicyclic) bond motifs is 1. The predicted molar refractivity (Wildman–Crippen MR) is 112 cm³/mol. The van der Waals surface area contributed by atoms with E-state index in [9.17, 15) is 9.59 Å². The van der Waals surface area contributed by atoms with E-state index in [-0.39, 0.29) is 23.8 Å². The predicted octanol–water partition coefficient (Wildman–Crippen LogP) is 2.48. The highest BCUT2D eigenvalue weighted by Crippen LogP contribution is 2.38. The zero-order chi connectivity index (χ0) is 21.1. The summed E-state index contributed by atoms with van der Waals surface area (Å²) in [5.41, 5.74) is 4.65. The van der Waals surface area contributed by atoms with Gasteiger partial charge in [0.25, 0.3) is 5.91 Å². The number of hydrogen-bond acceptors (Lipinski definition) is 7. The SMILES string of the molecule is CCn1nc(C[C@@H](C)COC(=O)c2cscn2)c2c1C(=O)NCC1(CCOCC1)C2. The fraction of sp³-hybridized carbons (Fsp3) is 0.619. The fourth-order valence-electron chi connectivity index (χ4n) is 4.32. The van der Waals surface area contributed by atoms with E-state index in [1.165, 1.54) is 11.3 Å². The zero-order valence-corrected chi connectivity index (χ0v) is 18.3. The summed E-state index contributed by atoms with van der Waals surface area (Å²) < 4.78 is 12.8. The van der Waals surface area contributed by atoms with Crippen molar-refractivity contribution in [1.29, 1.82) is 0 Å². The number of aryl methyl sites for hydroxylation is 1. The van der Waals surface area contributed by atoms with E-state index in [0.29, 0.717) is 30.9 Å². The molecule has 1 spiro atoms. The van der Waals surface area contributed by atoms with Gasteiger partial charge in [-0.2, -0.15) is 5.10 Å². The Balaban J connectivity index is 1.52. The van der Waals surface area contributed by atoms with Crippen molar-refractivity contribution in [2.24, 2.45) is 11.3 Å². The lowest BCUT2D eigenvalue weighted by atomic mass is 9.75. The molecule has 4 rings (SSSR count). The summed E-state index contributed by atoms with van der Waals surface area (Å²) in [5.74, 6) is -0.369. The minimum atomic E-state index is -0.401. The molecule has 1 atom stereocenters. The van der Waals surface area contributed by atoms with Crippen LogP contribution >= 0.6 is 11.3 Å². The molecule has 0 radical (unpaired) electrons. The first kappa shape index (κ1) is 21.0. The third-order valence-electron chi connectivity index (χ3n) is 6.06. The van der Waals surface area contributed by atoms with E-state index >= 15 is 0 Å². The molecule has 0 aromatic carbocycles. The monoisotopic (exact) mass is 432 g/mol. The average Bonchev–Trinajstić information content (AvgIpc) is 3.37. The number of amides is 1. The molecule has 1 N–H and O–H groups in total. The van der Waals surface area contributed by atoms with E-state index < -0.39 is 5.97 Å². The Bertz CT molecular complexity index is 903. The minimum Gasteiger partial charge on any atom is -0.461 e. The molecule has 9 heteroatoms. The van der Waals surface area contributed by atoms with Crippen molar-refractivity contribution in [2.45, 2.75) is 46.1 Å². The maximum absolute atomic E-state index is 12.9. The van der Waals surface area contributed by atoms with Crippen molar-refractivity contribution in [3.63, 3.8) is 0 Å². The van der Waals surface area contributed by atoms with Crippen LogP contribution in [-0.2, 0) is 28.9 Å². The molecule has 1 amide bonds. The Morgan fingerprint density at radius 1 is 1.43 bits per heavy atom. The van der Waals surface area contributed by atoms with Gasteiger partial charge in [-0.15, -0.1) is 11.3 Å². The normalized spacial score (nSPS) is 19.1. The standard InChI is InChI=1S/C21H28N4O4S/c1-3-25-18-15(9-21(12-22-19(18)26)4-6-28-7-5-21)16(24-25)8-14(2)10-29-20(27)17-11-30-13-23-17/h11,13-14H,3-10,12H2,1-2H3,(H,22,26)/t14-/m1/s1. The maximum Gasteiger partial charge on any atom is 0.357 e. The van der Waals surface area contributed by atoms with Crippen LogP contribution in [0.4, 0.5) is 0 Å². The van der Waals surface area contributed by atoms with Crippen LogP contribution in [0.5, 0.6) is 0 Å². The third kappa shape index (κ3) is 4.27. The molecule has 8 nitrogen and oxygen atoms in total. The van der Waals surface area contributed by atoms with Crippen molar-refractivity contribution in [3.05, 3.63) is 33.5 Å². The Morgan fingerprint density at radius 2 is 2.23 bits per heavy atom. The molecule has 162 valence electrons. The molecule has 0 saturated carbocycles. The molecular formula is C21H28N4O4S. The summed E-state index contributed by atoms with van der Waals surface area (Å²) in [6.07, 6.45) is 3.35. The lowest BCUT2D eigenvalue weighted by Gasteiger charge is -2.36. The van der Waals surface area contributed by atoms with Crippen LogP contribution in [-0.4, -0.2) is 53.0 Å². The van der Waals surface area contributed by atoms with Gasteiger partial charge in [-0.3, -0.25) is 9.48 Å². The molecule has 2 aliphatic rings. The highest BCUT2D eigenvalue weighted by molar-refractivity contribution is 7.07. The third-order valence-corrected chi connectivity index (χ3v) is 6.65. The van der Waals surface area contributed by atoms with Crippen molar-refractivity contribution < 1.29 is 19.1 Å². The molecule has 0 aliphatic carbocycles. The van der Waals surface area contributed by atoms with Gasteiger partial charge in [0.1, 0.15) is 5.69 Å². The Morgan fingerprint density at radius 3 is 2.93 bits per heavy atom. The second-order valence-corrected chi connectivity index (χ2v) is 9.06. The number of ether oxygens (including phenoxy) is 2. The Labute approximate surface area is 180 Å². The number of nitrogens with zero attached hydrogens (tertiary/aromatic N) is 3. The quantitative estimate of drug-likeness (QED) is 0.705. The summed E-state index contributed by atoms with van der Waals surface area (Å²) in [6.45, 7) is 7.09. The number of carbonyl (C=O) groups excluding carboxylic acids is 2. The zero-order valence-electron chi connectivity index (χ0n) is 17.5. The number of aromatic nitrogens is 3. The van der Waals surface area contributed by atoms with Crippen LogP contribution in [0, 0.1) is 11.3 Å². The topological polar surface area (TPSA) is 95.3 Å². The van der Waals surface area contributed by atoms with Crippen molar-refractivity contribution >= 4 is 23.2 Å². The summed E-state index contributed by atoms with van der Waals surface area (Å²) in [6, 6.07) is 0. The van der Waals surface area contributed by atoms with Crippen LogP contribution in [0.25, 0.3) is 0 Å². The van der Waals surface area contributed by atoms with Gasteiger partial charge in [-0.25, -0.2) is 9.78 Å². The second-order valence-electron chi connectivity index (χ2n) is 8.34. The summed E-state index contributed by atoms with van der Waals surface area (Å²) in [5, 5.41) is 9.58. The summed E-state index contributed by atoms with van der Waals surface area (Å²) >= 11 is 1.37. The Hall–Kier alpha value is -2.26. The lowest BCUT2D eigenvalue weighted by Crippen LogP contribution is -2.40. The average molecular weight is 433 g/mol. The molecule has 4 heterocycles. The van der Waals surface area contributed by atoms with E-state index in [2.05, 4.69) is 10.3 Å². The molecule has 2 aliphatic heterocycles. The van der Waals surface area contributed by atoms with Gasteiger partial charge in [0.15, 0.2) is 5.69 Å². The molecule has 0 bridgehead atoms. The van der Waals surface area contributed by atoms with Crippen LogP contribution in [0.3, 0.4) is 0 Å². The van der Waals surface area contributed by atoms with E-state index in [0.717, 1.165) is 43.7 Å². The lowest BCUT2D eigenvalue weighted by molar-refractivity contribution is 0.0160. The molecule has 2 aromatic heterocycles. The highest BCUT2D eigenvalue weighted by atomic mass is 32.1. The van der Waals surface area contributed by atoms with Gasteiger partial charge in [0.2, 0.25) is 0 Å². The molecule has 0 unspecified atom stereocenters. The number of rotatable bonds is 6. The van der Waals surface area contributed by atoms with Gasteiger partial charge >= 0.3 is 5.97 Å². The largest absolute Gasteiger partial charge is 0.461 e. The molecular weight excluding hydrogens is 404 g/mol. The van der Waals surface area contributed by atoms with Crippen molar-refractivity contribution in [3.8, 4) is 0 Å². The number of esters is 1. The molecule has 30 heavy (non-hydrogen) atoms. The molecule has 1 fully saturated rings. The van der Waals surface area contributed by atoms with Crippen LogP contribution < -0.4 is 5.32 Å². The first-order valence-electron chi connectivity index (χ1n) is 10.5. The van der Waals surface area contributed by atoms with Crippen LogP contribution in [0.15, 0.2) is 10.9 Å². The smallest absolute Gasteiger partial charge is 0.357 e. The maximum atomic E-state index is 12.9. The van der Waals surface area contributed by atoms with E-state index in [1.807, 2.05) is 18.5 Å².